The maximum atomic E-state index is 12.3. The average molecular weight is 206 g/mol. The number of halogens is 3. The van der Waals surface area contributed by atoms with Crippen molar-refractivity contribution in [3.63, 3.8) is 0 Å². The van der Waals surface area contributed by atoms with E-state index in [0.29, 0.717) is 0 Å². The molecule has 0 radical (unpaired) electrons. The summed E-state index contributed by atoms with van der Waals surface area (Å²) in [5, 5.41) is 17.6. The highest BCUT2D eigenvalue weighted by atomic mass is 19.4. The highest BCUT2D eigenvalue weighted by Crippen LogP contribution is 2.35. The topological polar surface area (TPSA) is 40.5 Å². The van der Waals surface area contributed by atoms with Gasteiger partial charge in [0, 0.05) is 0 Å². The molecule has 1 aromatic rings. The lowest BCUT2D eigenvalue weighted by Crippen LogP contribution is -2.23. The Morgan fingerprint density at radius 2 is 1.93 bits per heavy atom. The van der Waals surface area contributed by atoms with Crippen molar-refractivity contribution in [1.29, 1.82) is 0 Å². The fraction of sp³-hybridized carbons (Fsp3) is 0.333. The highest BCUT2D eigenvalue weighted by Gasteiger charge is 2.40. The molecular weight excluding hydrogens is 197 g/mol. The van der Waals surface area contributed by atoms with Gasteiger partial charge < -0.3 is 10.2 Å². The zero-order valence-corrected chi connectivity index (χ0v) is 7.12. The smallest absolute Gasteiger partial charge is 0.397 e. The van der Waals surface area contributed by atoms with E-state index in [9.17, 15) is 13.2 Å². The number of hydrogen-bond donors (Lipinski definition) is 2. The van der Waals surface area contributed by atoms with Crippen molar-refractivity contribution in [3.05, 3.63) is 29.8 Å². The van der Waals surface area contributed by atoms with Gasteiger partial charge in [0.2, 0.25) is 0 Å². The van der Waals surface area contributed by atoms with E-state index in [1.807, 2.05) is 0 Å². The quantitative estimate of drug-likeness (QED) is 0.777. The molecule has 0 heterocycles. The fourth-order valence-corrected chi connectivity index (χ4v) is 1.14. The standard InChI is InChI=1S/C9H9F3O2/c10-9(11,12)8(5-13)6-2-1-3-7(14)4-6/h1-4,8,13-14H,5H2. The van der Waals surface area contributed by atoms with E-state index in [-0.39, 0.29) is 11.3 Å². The molecule has 1 unspecified atom stereocenters. The summed E-state index contributed by atoms with van der Waals surface area (Å²) in [4.78, 5) is 0. The van der Waals surface area contributed by atoms with Gasteiger partial charge in [-0.1, -0.05) is 12.1 Å². The van der Waals surface area contributed by atoms with Crippen molar-refractivity contribution in [2.75, 3.05) is 6.61 Å². The molecule has 5 heteroatoms. The first-order valence-electron chi connectivity index (χ1n) is 3.91. The highest BCUT2D eigenvalue weighted by molar-refractivity contribution is 5.30. The van der Waals surface area contributed by atoms with Crippen molar-refractivity contribution < 1.29 is 23.4 Å². The minimum absolute atomic E-state index is 0.139. The zero-order valence-electron chi connectivity index (χ0n) is 7.12. The molecule has 1 rings (SSSR count). The van der Waals surface area contributed by atoms with E-state index >= 15 is 0 Å². The number of alkyl halides is 3. The molecule has 14 heavy (non-hydrogen) atoms. The molecule has 1 atom stereocenters. The molecule has 0 saturated carbocycles. The van der Waals surface area contributed by atoms with Crippen LogP contribution in [0.4, 0.5) is 13.2 Å². The summed E-state index contributed by atoms with van der Waals surface area (Å²) in [6.45, 7) is -1.02. The van der Waals surface area contributed by atoms with Crippen LogP contribution in [0.25, 0.3) is 0 Å². The Bertz CT molecular complexity index is 309. The molecule has 0 bridgehead atoms. The first-order valence-corrected chi connectivity index (χ1v) is 3.91. The van der Waals surface area contributed by atoms with Crippen LogP contribution in [0.5, 0.6) is 5.75 Å². The van der Waals surface area contributed by atoms with Gasteiger partial charge in [0.25, 0.3) is 0 Å². The average Bonchev–Trinajstić information content (AvgIpc) is 2.02. The van der Waals surface area contributed by atoms with Crippen LogP contribution in [0.2, 0.25) is 0 Å². The largest absolute Gasteiger partial charge is 0.508 e. The van der Waals surface area contributed by atoms with Crippen LogP contribution in [0, 0.1) is 0 Å². The van der Waals surface area contributed by atoms with Crippen LogP contribution in [0.15, 0.2) is 24.3 Å². The number of aromatic hydroxyl groups is 1. The molecule has 0 saturated heterocycles. The summed E-state index contributed by atoms with van der Waals surface area (Å²) >= 11 is 0. The number of aliphatic hydroxyl groups is 1. The van der Waals surface area contributed by atoms with Crippen LogP contribution >= 0.6 is 0 Å². The maximum Gasteiger partial charge on any atom is 0.397 e. The van der Waals surface area contributed by atoms with Crippen molar-refractivity contribution in [3.8, 4) is 5.75 Å². The molecule has 78 valence electrons. The molecule has 0 spiro atoms. The van der Waals surface area contributed by atoms with Gasteiger partial charge in [0.05, 0.1) is 6.61 Å². The Morgan fingerprint density at radius 3 is 2.36 bits per heavy atom. The molecule has 0 aliphatic heterocycles. The molecule has 1 aromatic carbocycles. The summed E-state index contributed by atoms with van der Waals surface area (Å²) in [5.74, 6) is -2.18. The Labute approximate surface area is 78.6 Å². The number of benzene rings is 1. The van der Waals surface area contributed by atoms with Gasteiger partial charge in [0.15, 0.2) is 0 Å². The van der Waals surface area contributed by atoms with Crippen LogP contribution in [0.3, 0.4) is 0 Å². The van der Waals surface area contributed by atoms with Crippen molar-refractivity contribution in [1.82, 2.24) is 0 Å². The van der Waals surface area contributed by atoms with Gasteiger partial charge >= 0.3 is 6.18 Å². The number of phenolic OH excluding ortho intramolecular Hbond substituents is 1. The van der Waals surface area contributed by atoms with Gasteiger partial charge in [-0.2, -0.15) is 13.2 Å². The minimum Gasteiger partial charge on any atom is -0.508 e. The molecule has 0 fully saturated rings. The third-order valence-electron chi connectivity index (χ3n) is 1.85. The predicted octanol–water partition coefficient (Wildman–Crippen LogP) is 2.03. The van der Waals surface area contributed by atoms with E-state index in [4.69, 9.17) is 10.2 Å². The Morgan fingerprint density at radius 1 is 1.29 bits per heavy atom. The van der Waals surface area contributed by atoms with Gasteiger partial charge in [-0.05, 0) is 17.7 Å². The van der Waals surface area contributed by atoms with Crippen LogP contribution in [0.1, 0.15) is 11.5 Å². The fourth-order valence-electron chi connectivity index (χ4n) is 1.14. The molecule has 0 amide bonds. The summed E-state index contributed by atoms with van der Waals surface area (Å²) in [7, 11) is 0. The second kappa shape index (κ2) is 3.88. The maximum absolute atomic E-state index is 12.3. The van der Waals surface area contributed by atoms with E-state index in [2.05, 4.69) is 0 Å². The van der Waals surface area contributed by atoms with E-state index in [1.54, 1.807) is 0 Å². The van der Waals surface area contributed by atoms with Crippen molar-refractivity contribution in [2.24, 2.45) is 0 Å². The molecule has 2 nitrogen and oxygen atoms in total. The SMILES string of the molecule is OCC(c1cccc(O)c1)C(F)(F)F. The Balaban J connectivity index is 3.01. The van der Waals surface area contributed by atoms with E-state index in [0.717, 1.165) is 6.07 Å². The van der Waals surface area contributed by atoms with Gasteiger partial charge in [-0.25, -0.2) is 0 Å². The number of hydrogen-bond acceptors (Lipinski definition) is 2. The molecular formula is C9H9F3O2. The number of rotatable bonds is 2. The summed E-state index contributed by atoms with van der Waals surface area (Å²) in [6, 6.07) is 4.79. The Hall–Kier alpha value is -1.23. The summed E-state index contributed by atoms with van der Waals surface area (Å²) in [6.07, 6.45) is -4.50. The van der Waals surface area contributed by atoms with Crippen molar-refractivity contribution in [2.45, 2.75) is 12.1 Å². The lowest BCUT2D eigenvalue weighted by Gasteiger charge is -2.18. The van der Waals surface area contributed by atoms with Gasteiger partial charge in [0.1, 0.15) is 11.7 Å². The number of aliphatic hydroxyl groups excluding tert-OH is 1. The van der Waals surface area contributed by atoms with Crippen LogP contribution < -0.4 is 0 Å². The van der Waals surface area contributed by atoms with Crippen LogP contribution in [-0.2, 0) is 0 Å². The lowest BCUT2D eigenvalue weighted by molar-refractivity contribution is -0.158. The third-order valence-corrected chi connectivity index (χ3v) is 1.85. The molecule has 0 aliphatic rings. The van der Waals surface area contributed by atoms with Gasteiger partial charge in [-0.15, -0.1) is 0 Å². The monoisotopic (exact) mass is 206 g/mol. The summed E-state index contributed by atoms with van der Waals surface area (Å²) < 4.78 is 36.9. The molecule has 0 aromatic heterocycles. The Kier molecular flexibility index (Phi) is 3.00. The zero-order chi connectivity index (χ0) is 10.8. The third kappa shape index (κ3) is 2.38. The summed E-state index contributed by atoms with van der Waals surface area (Å²) in [5.41, 5.74) is -0.139. The number of phenols is 1. The van der Waals surface area contributed by atoms with Crippen molar-refractivity contribution >= 4 is 0 Å². The first-order chi connectivity index (χ1) is 6.45. The van der Waals surface area contributed by atoms with Gasteiger partial charge in [-0.3, -0.25) is 0 Å². The van der Waals surface area contributed by atoms with E-state index < -0.39 is 18.7 Å². The lowest BCUT2D eigenvalue weighted by atomic mass is 9.99. The molecule has 0 aliphatic carbocycles. The predicted molar refractivity (Wildman–Crippen MR) is 44.0 cm³/mol. The minimum atomic E-state index is -4.50. The second-order valence-corrected chi connectivity index (χ2v) is 2.87. The second-order valence-electron chi connectivity index (χ2n) is 2.87. The first kappa shape index (κ1) is 10.8. The van der Waals surface area contributed by atoms with E-state index in [1.165, 1.54) is 18.2 Å². The molecule has 2 N–H and O–H groups in total. The normalized spacial score (nSPS) is 14.0. The van der Waals surface area contributed by atoms with Crippen LogP contribution in [-0.4, -0.2) is 23.0 Å².